The highest BCUT2D eigenvalue weighted by molar-refractivity contribution is 6.39. The maximum atomic E-state index is 14.5. The van der Waals surface area contributed by atoms with Crippen LogP contribution in [-0.4, -0.2) is 115 Å². The molecule has 65 heavy (non-hydrogen) atoms. The molecule has 1 aromatic carbocycles. The number of piperidine rings is 1. The Balaban J connectivity index is 1.49. The second-order valence-corrected chi connectivity index (χ2v) is 19.1. The van der Waals surface area contributed by atoms with Crippen molar-refractivity contribution in [3.05, 3.63) is 53.6 Å². The molecule has 0 radical (unpaired) electrons. The second kappa shape index (κ2) is 24.1. The number of esters is 1. The Morgan fingerprint density at radius 3 is 2.32 bits per heavy atom. The Bertz CT molecular complexity index is 1840. The van der Waals surface area contributed by atoms with Crippen LogP contribution in [0.15, 0.2) is 53.6 Å². The van der Waals surface area contributed by atoms with Crippen molar-refractivity contribution in [2.75, 3.05) is 27.4 Å². The first kappa shape index (κ1) is 51.9. The summed E-state index contributed by atoms with van der Waals surface area (Å²) in [6.45, 7) is 13.8. The minimum absolute atomic E-state index is 0.00977. The highest BCUT2D eigenvalue weighted by Gasteiger charge is 2.56. The van der Waals surface area contributed by atoms with Crippen LogP contribution in [0.2, 0.25) is 0 Å². The molecule has 362 valence electrons. The number of nitrogens with zero attached hydrogens (tertiary/aromatic N) is 1. The molecule has 1 aromatic rings. The lowest BCUT2D eigenvalue weighted by Gasteiger charge is -2.47. The number of cyclic esters (lactones) is 1. The molecule has 5 rings (SSSR count). The van der Waals surface area contributed by atoms with Crippen LogP contribution in [0.3, 0.4) is 0 Å². The first-order valence-electron chi connectivity index (χ1n) is 24.1. The number of benzene rings is 1. The number of carbonyl (C=O) groups is 5. The number of methoxy groups -OCH3 is 2. The monoisotopic (exact) mass is 909 g/mol. The Hall–Kier alpha value is -4.11. The summed E-state index contributed by atoms with van der Waals surface area (Å²) < 4.78 is 36.3. The average Bonchev–Trinajstić information content (AvgIpc) is 3.29. The van der Waals surface area contributed by atoms with E-state index in [9.17, 15) is 29.1 Å². The highest BCUT2D eigenvalue weighted by atomic mass is 16.7. The van der Waals surface area contributed by atoms with Gasteiger partial charge in [0.05, 0.1) is 24.9 Å². The van der Waals surface area contributed by atoms with Crippen molar-refractivity contribution in [1.29, 1.82) is 0 Å². The number of aliphatic hydroxyl groups is 1. The fourth-order valence-electron chi connectivity index (χ4n) is 10.5. The average molecular weight is 909 g/mol. The van der Waals surface area contributed by atoms with Crippen molar-refractivity contribution < 1.29 is 57.5 Å². The molecule has 13 atom stereocenters. The van der Waals surface area contributed by atoms with Gasteiger partial charge in [0.25, 0.3) is 11.7 Å². The molecule has 4 aliphatic rings. The molecule has 1 aliphatic carbocycles. The fourth-order valence-corrected chi connectivity index (χ4v) is 10.5. The maximum absolute atomic E-state index is 14.5. The van der Waals surface area contributed by atoms with Gasteiger partial charge in [-0.05, 0) is 127 Å². The number of hydrogen-bond donors (Lipinski definition) is 2. The zero-order valence-electron chi connectivity index (χ0n) is 40.3. The number of fused-ring (bicyclic) bond motifs is 3. The quantitative estimate of drug-likeness (QED) is 0.141. The van der Waals surface area contributed by atoms with Crippen LogP contribution in [0.4, 0.5) is 4.79 Å². The van der Waals surface area contributed by atoms with Crippen LogP contribution in [-0.2, 0) is 42.9 Å². The van der Waals surface area contributed by atoms with E-state index in [1.54, 1.807) is 28.1 Å². The van der Waals surface area contributed by atoms with Crippen LogP contribution in [0.1, 0.15) is 126 Å². The molecule has 2 saturated heterocycles. The lowest BCUT2D eigenvalue weighted by Crippen LogP contribution is -2.64. The van der Waals surface area contributed by atoms with Gasteiger partial charge in [0.15, 0.2) is 0 Å². The number of ether oxygens (including phenoxy) is 6. The third kappa shape index (κ3) is 13.3. The molecule has 3 heterocycles. The van der Waals surface area contributed by atoms with E-state index in [1.807, 2.05) is 58.0 Å². The highest BCUT2D eigenvalue weighted by Crippen LogP contribution is 2.39. The lowest BCUT2D eigenvalue weighted by atomic mass is 9.81. The van der Waals surface area contributed by atoms with Gasteiger partial charge in [0, 0.05) is 39.0 Å². The molecule has 2 amide bonds. The molecule has 3 aliphatic heterocycles. The molecule has 1 saturated carbocycles. The molecule has 0 spiro atoms. The number of para-hydroxylation sites is 1. The minimum Gasteiger partial charge on any atom is -0.488 e. The van der Waals surface area contributed by atoms with Crippen LogP contribution >= 0.6 is 0 Å². The summed E-state index contributed by atoms with van der Waals surface area (Å²) in [4.78, 5) is 71.0. The van der Waals surface area contributed by atoms with E-state index in [0.29, 0.717) is 63.5 Å². The van der Waals surface area contributed by atoms with Crippen molar-refractivity contribution in [3.63, 3.8) is 0 Å². The summed E-state index contributed by atoms with van der Waals surface area (Å²) in [5.41, 5.74) is 1.86. The van der Waals surface area contributed by atoms with E-state index in [0.717, 1.165) is 11.1 Å². The molecule has 13 unspecified atom stereocenters. The van der Waals surface area contributed by atoms with Gasteiger partial charge in [-0.15, -0.1) is 0 Å². The standard InChI is InChI=1S/C51H76N2O12/c1-10-37-26-31(3)25-32(4)27-43(60-8)46-44(61-9)29-35(7)51(59,65-46)47(55)48(56)53-24-16-15-19-40(53)49(57)64-45(33(5)20-23-41(37)54)34(6)28-36-21-22-39(52-50(58)62-11-2)42(30-36)63-38-17-13-12-14-18-38/h12-14,17-18,26,28,32-33,35-37,39-40,42-46,59H,10-11,15-16,19-25,27,29-30H2,1-9H3,(H,52,58)/b31-26+,34-28?. The van der Waals surface area contributed by atoms with Gasteiger partial charge in [-0.2, -0.15) is 0 Å². The number of rotatable bonds is 9. The van der Waals surface area contributed by atoms with Crippen molar-refractivity contribution >= 4 is 29.5 Å². The molecule has 14 heteroatoms. The van der Waals surface area contributed by atoms with Crippen LogP contribution in [0.5, 0.6) is 5.75 Å². The number of amides is 2. The van der Waals surface area contributed by atoms with Crippen LogP contribution in [0.25, 0.3) is 0 Å². The smallest absolute Gasteiger partial charge is 0.407 e. The topological polar surface area (TPSA) is 176 Å². The zero-order chi connectivity index (χ0) is 47.4. The van der Waals surface area contributed by atoms with Crippen molar-refractivity contribution in [2.24, 2.45) is 29.6 Å². The molecule has 0 aromatic heterocycles. The van der Waals surface area contributed by atoms with Gasteiger partial charge in [-0.3, -0.25) is 14.4 Å². The summed E-state index contributed by atoms with van der Waals surface area (Å²) in [7, 11) is 3.10. The van der Waals surface area contributed by atoms with Gasteiger partial charge in [-0.25, -0.2) is 9.59 Å². The second-order valence-electron chi connectivity index (χ2n) is 19.1. The van der Waals surface area contributed by atoms with Gasteiger partial charge >= 0.3 is 12.1 Å². The third-order valence-electron chi connectivity index (χ3n) is 14.1. The van der Waals surface area contributed by atoms with Gasteiger partial charge < -0.3 is 43.7 Å². The molecule has 14 nitrogen and oxygen atoms in total. The third-order valence-corrected chi connectivity index (χ3v) is 14.1. The molecule has 2 bridgehead atoms. The van der Waals surface area contributed by atoms with Crippen LogP contribution in [0, 0.1) is 29.6 Å². The van der Waals surface area contributed by atoms with E-state index in [-0.39, 0.29) is 74.0 Å². The lowest BCUT2D eigenvalue weighted by molar-refractivity contribution is -0.302. The predicted molar refractivity (Wildman–Crippen MR) is 245 cm³/mol. The zero-order valence-corrected chi connectivity index (χ0v) is 40.3. The fraction of sp³-hybridized carbons (Fsp3) is 0.706. The number of hydrogen-bond acceptors (Lipinski definition) is 12. The number of carbonyl (C=O) groups excluding carboxylic acids is 5. The molecule has 2 N–H and O–H groups in total. The first-order chi connectivity index (χ1) is 31.0. The van der Waals surface area contributed by atoms with Gasteiger partial charge in [0.1, 0.15) is 35.9 Å². The summed E-state index contributed by atoms with van der Waals surface area (Å²) in [6, 6.07) is 8.07. The Morgan fingerprint density at radius 2 is 1.65 bits per heavy atom. The largest absolute Gasteiger partial charge is 0.488 e. The summed E-state index contributed by atoms with van der Waals surface area (Å²) in [5.74, 6) is -5.83. The Kier molecular flexibility index (Phi) is 19.2. The van der Waals surface area contributed by atoms with Gasteiger partial charge in [0.2, 0.25) is 5.79 Å². The minimum atomic E-state index is -2.49. The maximum Gasteiger partial charge on any atom is 0.407 e. The predicted octanol–water partition coefficient (Wildman–Crippen LogP) is 7.69. The number of allylic oxidation sites excluding steroid dienone is 3. The SMILES string of the molecule is CCOC(=O)NC1CCC(C=C(C)C2OC(=O)C3CCCCN3C(=O)C(=O)C3(O)OC(C(OC)CC(C)C/C(C)=C/C(CC)C(=O)CCC2C)C(OC)CC3C)CC1Oc1ccccc1. The first-order valence-corrected chi connectivity index (χ1v) is 24.1. The number of alkyl carbamates (subject to hydrolysis) is 1. The van der Waals surface area contributed by atoms with E-state index in [1.165, 1.54) is 4.90 Å². The number of nitrogens with one attached hydrogen (secondary N) is 1. The van der Waals surface area contributed by atoms with E-state index < -0.39 is 65.9 Å². The normalized spacial score (nSPS) is 36.0. The number of ketones is 2. The Morgan fingerprint density at radius 1 is 0.938 bits per heavy atom. The summed E-state index contributed by atoms with van der Waals surface area (Å²) in [6.07, 6.45) is 6.66. The van der Waals surface area contributed by atoms with E-state index >= 15 is 0 Å². The van der Waals surface area contributed by atoms with Crippen LogP contribution < -0.4 is 10.1 Å². The van der Waals surface area contributed by atoms with E-state index in [4.69, 9.17) is 28.4 Å². The van der Waals surface area contributed by atoms with Crippen molar-refractivity contribution in [1.82, 2.24) is 10.2 Å². The Labute approximate surface area is 386 Å². The van der Waals surface area contributed by atoms with Crippen molar-refractivity contribution in [2.45, 2.75) is 174 Å². The molecular formula is C51H76N2O12. The molecule has 3 fully saturated rings. The van der Waals surface area contributed by atoms with E-state index in [2.05, 4.69) is 24.4 Å². The number of Topliss-reactive ketones (excluding diaryl/α,β-unsaturated/α-hetero) is 2. The summed E-state index contributed by atoms with van der Waals surface area (Å²) in [5, 5.41) is 15.1. The summed E-state index contributed by atoms with van der Waals surface area (Å²) >= 11 is 0. The molecular weight excluding hydrogens is 833 g/mol. The van der Waals surface area contributed by atoms with Crippen molar-refractivity contribution in [3.8, 4) is 5.75 Å². The van der Waals surface area contributed by atoms with Gasteiger partial charge in [-0.1, -0.05) is 63.6 Å².